The van der Waals surface area contributed by atoms with Crippen LogP contribution in [0.25, 0.3) is 6.08 Å². The highest BCUT2D eigenvalue weighted by Gasteiger charge is 2.15. The van der Waals surface area contributed by atoms with Gasteiger partial charge in [-0.1, -0.05) is 41.9 Å². The van der Waals surface area contributed by atoms with Crippen LogP contribution in [0.5, 0.6) is 11.5 Å². The molecule has 3 aromatic rings. The molecule has 8 heteroatoms. The van der Waals surface area contributed by atoms with Gasteiger partial charge in [0.05, 0.1) is 19.3 Å². The zero-order valence-corrected chi connectivity index (χ0v) is 20.0. The van der Waals surface area contributed by atoms with Crippen LogP contribution in [0.2, 0.25) is 5.02 Å². The second-order valence-electron chi connectivity index (χ2n) is 7.18. The Morgan fingerprint density at radius 2 is 1.80 bits per heavy atom. The summed E-state index contributed by atoms with van der Waals surface area (Å²) in [6.07, 6.45) is 1.42. The molecule has 7 nitrogen and oxygen atoms in total. The average molecular weight is 491 g/mol. The number of anilines is 1. The van der Waals surface area contributed by atoms with Gasteiger partial charge in [0.25, 0.3) is 5.91 Å². The van der Waals surface area contributed by atoms with Crippen molar-refractivity contribution >= 4 is 35.2 Å². The van der Waals surface area contributed by atoms with Crippen molar-refractivity contribution in [3.8, 4) is 17.6 Å². The third-order valence-electron chi connectivity index (χ3n) is 4.88. The fourth-order valence-electron chi connectivity index (χ4n) is 3.13. The zero-order chi connectivity index (χ0) is 25.2. The van der Waals surface area contributed by atoms with E-state index in [1.807, 2.05) is 24.3 Å². The first kappa shape index (κ1) is 25.3. The predicted molar refractivity (Wildman–Crippen MR) is 133 cm³/mol. The minimum atomic E-state index is -0.615. The zero-order valence-electron chi connectivity index (χ0n) is 19.2. The number of carbonyl (C=O) groups excluding carboxylic acids is 2. The van der Waals surface area contributed by atoms with E-state index in [0.29, 0.717) is 33.3 Å². The molecule has 0 saturated carbocycles. The number of nitrogens with one attached hydrogen (secondary N) is 1. The first-order valence-corrected chi connectivity index (χ1v) is 11.1. The van der Waals surface area contributed by atoms with E-state index >= 15 is 0 Å². The molecule has 0 bridgehead atoms. The van der Waals surface area contributed by atoms with E-state index in [1.165, 1.54) is 25.3 Å². The molecule has 0 aliphatic rings. The Morgan fingerprint density at radius 3 is 2.46 bits per heavy atom. The highest BCUT2D eigenvalue weighted by Crippen LogP contribution is 2.34. The maximum absolute atomic E-state index is 12.8. The smallest absolute Gasteiger partial charge is 0.338 e. The number of esters is 1. The van der Waals surface area contributed by atoms with Crippen LogP contribution in [0.15, 0.2) is 72.3 Å². The van der Waals surface area contributed by atoms with E-state index in [-0.39, 0.29) is 18.8 Å². The van der Waals surface area contributed by atoms with Gasteiger partial charge in [-0.3, -0.25) is 4.79 Å². The summed E-state index contributed by atoms with van der Waals surface area (Å²) in [5.74, 6) is -0.256. The first-order valence-electron chi connectivity index (χ1n) is 10.7. The number of hydrogen-bond acceptors (Lipinski definition) is 6. The molecule has 0 fully saturated rings. The number of rotatable bonds is 9. The fraction of sp³-hybridized carbons (Fsp3) is 0.148. The highest BCUT2D eigenvalue weighted by molar-refractivity contribution is 6.31. The third-order valence-corrected chi connectivity index (χ3v) is 5.25. The molecule has 3 aromatic carbocycles. The van der Waals surface area contributed by atoms with E-state index in [9.17, 15) is 14.9 Å². The van der Waals surface area contributed by atoms with Crippen molar-refractivity contribution in [2.75, 3.05) is 19.0 Å². The Hall–Kier alpha value is -4.28. The Balaban J connectivity index is 1.82. The van der Waals surface area contributed by atoms with Crippen LogP contribution in [0.1, 0.15) is 28.4 Å². The SMILES string of the molecule is CCOC(=O)c1ccc(NC(=O)/C(C#N)=C/c2cccc(OC)c2OCc2ccccc2Cl)cc1. The first-order chi connectivity index (χ1) is 17.0. The van der Waals surface area contributed by atoms with E-state index < -0.39 is 11.9 Å². The molecular weight excluding hydrogens is 468 g/mol. The van der Waals surface area contributed by atoms with Gasteiger partial charge in [-0.25, -0.2) is 4.79 Å². The number of ether oxygens (including phenoxy) is 3. The van der Waals surface area contributed by atoms with Gasteiger partial charge < -0.3 is 19.5 Å². The second-order valence-corrected chi connectivity index (χ2v) is 7.59. The fourth-order valence-corrected chi connectivity index (χ4v) is 3.32. The quantitative estimate of drug-likeness (QED) is 0.236. The van der Waals surface area contributed by atoms with Gasteiger partial charge >= 0.3 is 5.97 Å². The lowest BCUT2D eigenvalue weighted by Crippen LogP contribution is -2.14. The summed E-state index contributed by atoms with van der Waals surface area (Å²) in [7, 11) is 1.50. The van der Waals surface area contributed by atoms with Crippen LogP contribution >= 0.6 is 11.6 Å². The lowest BCUT2D eigenvalue weighted by Gasteiger charge is -2.14. The minimum Gasteiger partial charge on any atom is -0.493 e. The maximum Gasteiger partial charge on any atom is 0.338 e. The Morgan fingerprint density at radius 1 is 1.06 bits per heavy atom. The van der Waals surface area contributed by atoms with Gasteiger partial charge in [-0.15, -0.1) is 0 Å². The van der Waals surface area contributed by atoms with Gasteiger partial charge in [-0.05, 0) is 49.4 Å². The number of nitrogens with zero attached hydrogens (tertiary/aromatic N) is 1. The molecule has 3 rings (SSSR count). The molecule has 1 amide bonds. The summed E-state index contributed by atoms with van der Waals surface area (Å²) in [6.45, 7) is 2.15. The number of para-hydroxylation sites is 1. The molecule has 0 aliphatic carbocycles. The van der Waals surface area contributed by atoms with Crippen molar-refractivity contribution in [2.24, 2.45) is 0 Å². The number of carbonyl (C=O) groups is 2. The standard InChI is InChI=1S/C27H23ClN2O5/c1-3-34-27(32)18-11-13-22(14-12-18)30-26(31)21(16-29)15-19-8-6-10-24(33-2)25(19)35-17-20-7-4-5-9-23(20)28/h4-15H,3,17H2,1-2H3,(H,30,31)/b21-15+. The van der Waals surface area contributed by atoms with Crippen LogP contribution in [-0.2, 0) is 16.1 Å². The van der Waals surface area contributed by atoms with E-state index in [2.05, 4.69) is 5.32 Å². The minimum absolute atomic E-state index is 0.143. The van der Waals surface area contributed by atoms with E-state index in [4.69, 9.17) is 25.8 Å². The summed E-state index contributed by atoms with van der Waals surface area (Å²) in [4.78, 5) is 24.6. The lowest BCUT2D eigenvalue weighted by molar-refractivity contribution is -0.112. The average Bonchev–Trinajstić information content (AvgIpc) is 2.87. The van der Waals surface area contributed by atoms with Crippen LogP contribution in [0.4, 0.5) is 5.69 Å². The predicted octanol–water partition coefficient (Wildman–Crippen LogP) is 5.65. The van der Waals surface area contributed by atoms with E-state index in [1.54, 1.807) is 43.3 Å². The van der Waals surface area contributed by atoms with E-state index in [0.717, 1.165) is 5.56 Å². The number of nitriles is 1. The molecule has 0 radical (unpaired) electrons. The molecule has 0 saturated heterocycles. The van der Waals surface area contributed by atoms with Crippen molar-refractivity contribution in [3.05, 3.63) is 94.0 Å². The molecule has 0 unspecified atom stereocenters. The summed E-state index contributed by atoms with van der Waals surface area (Å²) in [6, 6.07) is 20.6. The van der Waals surface area contributed by atoms with Gasteiger partial charge in [-0.2, -0.15) is 5.26 Å². The topological polar surface area (TPSA) is 97.7 Å². The second kappa shape index (κ2) is 12.3. The van der Waals surface area contributed by atoms with Crippen molar-refractivity contribution in [3.63, 3.8) is 0 Å². The molecule has 178 valence electrons. The van der Waals surface area contributed by atoms with Gasteiger partial charge in [0.2, 0.25) is 0 Å². The normalized spacial score (nSPS) is 10.7. The lowest BCUT2D eigenvalue weighted by atomic mass is 10.1. The summed E-state index contributed by atoms with van der Waals surface area (Å²) in [5, 5.41) is 12.9. The maximum atomic E-state index is 12.8. The summed E-state index contributed by atoms with van der Waals surface area (Å²) < 4.78 is 16.3. The van der Waals surface area contributed by atoms with Gasteiger partial charge in [0.1, 0.15) is 18.2 Å². The van der Waals surface area contributed by atoms with Crippen molar-refractivity contribution in [1.29, 1.82) is 5.26 Å². The van der Waals surface area contributed by atoms with Crippen LogP contribution in [0.3, 0.4) is 0 Å². The Kier molecular flexibility index (Phi) is 8.88. The largest absolute Gasteiger partial charge is 0.493 e. The van der Waals surface area contributed by atoms with Crippen LogP contribution < -0.4 is 14.8 Å². The summed E-state index contributed by atoms with van der Waals surface area (Å²) in [5.41, 5.74) is 1.90. The van der Waals surface area contributed by atoms with Crippen LogP contribution in [-0.4, -0.2) is 25.6 Å². The molecule has 0 aliphatic heterocycles. The monoisotopic (exact) mass is 490 g/mol. The van der Waals surface area contributed by atoms with Crippen molar-refractivity contribution in [2.45, 2.75) is 13.5 Å². The summed E-state index contributed by atoms with van der Waals surface area (Å²) >= 11 is 6.23. The molecule has 0 spiro atoms. The molecule has 0 heterocycles. The molecule has 35 heavy (non-hydrogen) atoms. The van der Waals surface area contributed by atoms with Crippen LogP contribution in [0, 0.1) is 11.3 Å². The van der Waals surface area contributed by atoms with Gasteiger partial charge in [0.15, 0.2) is 11.5 Å². The highest BCUT2D eigenvalue weighted by atomic mass is 35.5. The molecule has 1 N–H and O–H groups in total. The third kappa shape index (κ3) is 6.62. The Labute approximate surface area is 208 Å². The van der Waals surface area contributed by atoms with Gasteiger partial charge in [0, 0.05) is 21.8 Å². The number of methoxy groups -OCH3 is 1. The number of halogens is 1. The molecule has 0 aromatic heterocycles. The molecular formula is C27H23ClN2O5. The number of benzene rings is 3. The van der Waals surface area contributed by atoms with Crippen molar-refractivity contribution in [1.82, 2.24) is 0 Å². The Bertz CT molecular complexity index is 1280. The number of hydrogen-bond donors (Lipinski definition) is 1. The molecule has 0 atom stereocenters. The van der Waals surface area contributed by atoms with Crippen molar-refractivity contribution < 1.29 is 23.8 Å². The number of amides is 1.